The van der Waals surface area contributed by atoms with Gasteiger partial charge in [-0.15, -0.1) is 0 Å². The first-order valence-electron chi connectivity index (χ1n) is 5.31. The highest BCUT2D eigenvalue weighted by Crippen LogP contribution is 2.09. The van der Waals surface area contributed by atoms with E-state index in [4.69, 9.17) is 9.84 Å². The van der Waals surface area contributed by atoms with Gasteiger partial charge in [-0.25, -0.2) is 0 Å². The van der Waals surface area contributed by atoms with Crippen LogP contribution in [0.2, 0.25) is 0 Å². The van der Waals surface area contributed by atoms with Crippen LogP contribution < -0.4 is 5.32 Å². The molecule has 0 amide bonds. The number of aliphatic hydroxyl groups is 1. The number of aliphatic hydroxyl groups excluding tert-OH is 1. The van der Waals surface area contributed by atoms with Crippen molar-refractivity contribution >= 4 is 0 Å². The zero-order valence-electron chi connectivity index (χ0n) is 8.46. The molecular formula is C10H21NO2. The van der Waals surface area contributed by atoms with Crippen LogP contribution in [-0.2, 0) is 4.74 Å². The van der Waals surface area contributed by atoms with Crippen molar-refractivity contribution in [1.29, 1.82) is 0 Å². The van der Waals surface area contributed by atoms with Crippen LogP contribution in [0.1, 0.15) is 32.6 Å². The Labute approximate surface area is 80.5 Å². The Hall–Kier alpha value is -0.120. The Morgan fingerprint density at radius 3 is 3.00 bits per heavy atom. The lowest BCUT2D eigenvalue weighted by Crippen LogP contribution is -2.40. The number of ether oxygens (including phenoxy) is 1. The van der Waals surface area contributed by atoms with Crippen LogP contribution in [-0.4, -0.2) is 37.0 Å². The van der Waals surface area contributed by atoms with Gasteiger partial charge in [0.2, 0.25) is 0 Å². The van der Waals surface area contributed by atoms with Crippen molar-refractivity contribution in [1.82, 2.24) is 5.32 Å². The van der Waals surface area contributed by atoms with Crippen molar-refractivity contribution in [3.05, 3.63) is 0 Å². The van der Waals surface area contributed by atoms with Gasteiger partial charge in [-0.05, 0) is 25.7 Å². The Balaban J connectivity index is 2.24. The fraction of sp³-hybridized carbons (Fsp3) is 1.00. The molecule has 1 aliphatic rings. The molecule has 0 aliphatic carbocycles. The quantitative estimate of drug-likeness (QED) is 0.687. The molecule has 1 fully saturated rings. The van der Waals surface area contributed by atoms with E-state index in [1.807, 2.05) is 0 Å². The highest BCUT2D eigenvalue weighted by molar-refractivity contribution is 4.74. The maximum atomic E-state index is 9.03. The molecule has 2 N–H and O–H groups in total. The molecule has 0 saturated carbocycles. The maximum Gasteiger partial charge on any atom is 0.0584 e. The molecule has 3 nitrogen and oxygen atoms in total. The monoisotopic (exact) mass is 187 g/mol. The van der Waals surface area contributed by atoms with Crippen LogP contribution in [0.3, 0.4) is 0 Å². The van der Waals surface area contributed by atoms with Crippen molar-refractivity contribution in [3.63, 3.8) is 0 Å². The van der Waals surface area contributed by atoms with Gasteiger partial charge in [0.15, 0.2) is 0 Å². The Morgan fingerprint density at radius 2 is 2.31 bits per heavy atom. The number of hydrogen-bond acceptors (Lipinski definition) is 3. The topological polar surface area (TPSA) is 41.5 Å². The van der Waals surface area contributed by atoms with Crippen molar-refractivity contribution in [2.24, 2.45) is 0 Å². The van der Waals surface area contributed by atoms with E-state index in [-0.39, 0.29) is 12.6 Å². The Morgan fingerprint density at radius 1 is 1.46 bits per heavy atom. The molecule has 0 radical (unpaired) electrons. The lowest BCUT2D eigenvalue weighted by Gasteiger charge is -2.21. The van der Waals surface area contributed by atoms with Gasteiger partial charge in [0, 0.05) is 25.3 Å². The molecule has 1 rings (SSSR count). The maximum absolute atomic E-state index is 9.03. The lowest BCUT2D eigenvalue weighted by atomic mass is 10.1. The first-order chi connectivity index (χ1) is 6.36. The van der Waals surface area contributed by atoms with Gasteiger partial charge in [-0.1, -0.05) is 6.92 Å². The molecular weight excluding hydrogens is 166 g/mol. The first-order valence-corrected chi connectivity index (χ1v) is 5.31. The zero-order chi connectivity index (χ0) is 9.52. The summed E-state index contributed by atoms with van der Waals surface area (Å²) in [6.07, 6.45) is 4.39. The molecule has 0 aromatic heterocycles. The summed E-state index contributed by atoms with van der Waals surface area (Å²) in [5, 5.41) is 12.5. The van der Waals surface area contributed by atoms with E-state index in [2.05, 4.69) is 12.2 Å². The molecule has 1 heterocycles. The first kappa shape index (κ1) is 11.0. The minimum Gasteiger partial charge on any atom is -0.395 e. The summed E-state index contributed by atoms with van der Waals surface area (Å²) in [5.41, 5.74) is 0. The molecule has 0 bridgehead atoms. The minimum atomic E-state index is 0.244. The van der Waals surface area contributed by atoms with Crippen LogP contribution in [0, 0.1) is 0 Å². The second-order valence-corrected chi connectivity index (χ2v) is 3.69. The zero-order valence-corrected chi connectivity index (χ0v) is 8.46. The number of nitrogens with one attached hydrogen (secondary N) is 1. The molecule has 0 aromatic rings. The van der Waals surface area contributed by atoms with Gasteiger partial charge in [0.1, 0.15) is 0 Å². The molecule has 0 spiro atoms. The van der Waals surface area contributed by atoms with E-state index in [1.165, 1.54) is 6.42 Å². The fourth-order valence-electron chi connectivity index (χ4n) is 1.70. The van der Waals surface area contributed by atoms with Crippen molar-refractivity contribution in [2.75, 3.05) is 19.8 Å². The molecule has 2 atom stereocenters. The standard InChI is InChI=1S/C10H21NO2/c1-2-9(8-12)11-10-4-3-6-13-7-5-10/h9-12H,2-8H2,1H3/t9-,10?/m1/s1. The van der Waals surface area contributed by atoms with E-state index in [0.717, 1.165) is 32.5 Å². The van der Waals surface area contributed by atoms with Crippen molar-refractivity contribution in [2.45, 2.75) is 44.7 Å². The van der Waals surface area contributed by atoms with Crippen molar-refractivity contribution < 1.29 is 9.84 Å². The summed E-state index contributed by atoms with van der Waals surface area (Å²) in [5.74, 6) is 0. The number of rotatable bonds is 4. The van der Waals surface area contributed by atoms with Gasteiger partial charge in [-0.2, -0.15) is 0 Å². The van der Waals surface area contributed by atoms with Crippen LogP contribution in [0.15, 0.2) is 0 Å². The highest BCUT2D eigenvalue weighted by Gasteiger charge is 2.15. The predicted octanol–water partition coefficient (Wildman–Crippen LogP) is 0.916. The largest absolute Gasteiger partial charge is 0.395 e. The lowest BCUT2D eigenvalue weighted by molar-refractivity contribution is 0.141. The van der Waals surface area contributed by atoms with Gasteiger partial charge >= 0.3 is 0 Å². The number of hydrogen-bond donors (Lipinski definition) is 2. The van der Waals surface area contributed by atoms with E-state index in [0.29, 0.717) is 6.04 Å². The fourth-order valence-corrected chi connectivity index (χ4v) is 1.70. The summed E-state index contributed by atoms with van der Waals surface area (Å²) in [7, 11) is 0. The summed E-state index contributed by atoms with van der Waals surface area (Å²) in [4.78, 5) is 0. The average Bonchev–Trinajstić information content (AvgIpc) is 2.42. The SMILES string of the molecule is CC[C@H](CO)NC1CCCOCC1. The smallest absolute Gasteiger partial charge is 0.0584 e. The molecule has 13 heavy (non-hydrogen) atoms. The van der Waals surface area contributed by atoms with E-state index < -0.39 is 0 Å². The van der Waals surface area contributed by atoms with Crippen LogP contribution in [0.4, 0.5) is 0 Å². The summed E-state index contributed by atoms with van der Waals surface area (Å²) < 4.78 is 5.37. The van der Waals surface area contributed by atoms with Gasteiger partial charge in [-0.3, -0.25) is 0 Å². The Kier molecular flexibility index (Phi) is 5.35. The van der Waals surface area contributed by atoms with E-state index in [9.17, 15) is 0 Å². The summed E-state index contributed by atoms with van der Waals surface area (Å²) in [6, 6.07) is 0.808. The molecule has 0 aromatic carbocycles. The normalized spacial score (nSPS) is 26.8. The third kappa shape index (κ3) is 4.07. The van der Waals surface area contributed by atoms with Gasteiger partial charge in [0.05, 0.1) is 6.61 Å². The van der Waals surface area contributed by atoms with Crippen LogP contribution in [0.25, 0.3) is 0 Å². The van der Waals surface area contributed by atoms with E-state index >= 15 is 0 Å². The average molecular weight is 187 g/mol. The van der Waals surface area contributed by atoms with Crippen LogP contribution >= 0.6 is 0 Å². The van der Waals surface area contributed by atoms with E-state index in [1.54, 1.807) is 0 Å². The predicted molar refractivity (Wildman–Crippen MR) is 52.8 cm³/mol. The molecule has 1 aliphatic heterocycles. The van der Waals surface area contributed by atoms with Crippen LogP contribution in [0.5, 0.6) is 0 Å². The van der Waals surface area contributed by atoms with Gasteiger partial charge < -0.3 is 15.2 Å². The molecule has 78 valence electrons. The molecule has 1 saturated heterocycles. The molecule has 3 heteroatoms. The van der Waals surface area contributed by atoms with Gasteiger partial charge in [0.25, 0.3) is 0 Å². The second-order valence-electron chi connectivity index (χ2n) is 3.69. The minimum absolute atomic E-state index is 0.244. The second kappa shape index (κ2) is 6.35. The highest BCUT2D eigenvalue weighted by atomic mass is 16.5. The molecule has 1 unspecified atom stereocenters. The third-order valence-corrected chi connectivity index (χ3v) is 2.64. The third-order valence-electron chi connectivity index (χ3n) is 2.64. The summed E-state index contributed by atoms with van der Waals surface area (Å²) in [6.45, 7) is 4.10. The Bertz CT molecular complexity index is 118. The van der Waals surface area contributed by atoms with Crippen molar-refractivity contribution in [3.8, 4) is 0 Å². The summed E-state index contributed by atoms with van der Waals surface area (Å²) >= 11 is 0.